The van der Waals surface area contributed by atoms with Crippen molar-refractivity contribution in [2.45, 2.75) is 65.2 Å². The predicted molar refractivity (Wildman–Crippen MR) is 115 cm³/mol. The Morgan fingerprint density at radius 2 is 1.73 bits per heavy atom. The van der Waals surface area contributed by atoms with E-state index in [1.54, 1.807) is 0 Å². The lowest BCUT2D eigenvalue weighted by Crippen LogP contribution is -2.20. The van der Waals surface area contributed by atoms with E-state index in [2.05, 4.69) is 10.5 Å². The van der Waals surface area contributed by atoms with Crippen LogP contribution in [0.1, 0.15) is 70.4 Å². The highest BCUT2D eigenvalue weighted by Gasteiger charge is 2.26. The molecule has 162 valence electrons. The third kappa shape index (κ3) is 5.92. The van der Waals surface area contributed by atoms with Gasteiger partial charge in [-0.1, -0.05) is 53.7 Å². The highest BCUT2D eigenvalue weighted by Crippen LogP contribution is 2.39. The van der Waals surface area contributed by atoms with E-state index in [-0.39, 0.29) is 34.8 Å². The molecule has 2 N–H and O–H groups in total. The minimum absolute atomic E-state index is 0.171. The molecule has 0 saturated carbocycles. The summed E-state index contributed by atoms with van der Waals surface area (Å²) in [5.74, 6) is -0.208. The first-order valence-electron chi connectivity index (χ1n) is 9.72. The van der Waals surface area contributed by atoms with Gasteiger partial charge in [0.1, 0.15) is 10.7 Å². The Kier molecular flexibility index (Phi) is 6.70. The number of nitro groups is 1. The maximum atomic E-state index is 12.1. The lowest BCUT2D eigenvalue weighted by molar-refractivity contribution is -0.402. The smallest absolute Gasteiger partial charge is 0.433 e. The van der Waals surface area contributed by atoms with Gasteiger partial charge in [0.05, 0.1) is 12.3 Å². The first-order chi connectivity index (χ1) is 13.8. The topological polar surface area (TPSA) is 118 Å². The molecular weight excluding hydrogens is 386 g/mol. The van der Waals surface area contributed by atoms with Crippen LogP contribution in [0, 0.1) is 10.1 Å². The van der Waals surface area contributed by atoms with Gasteiger partial charge in [0, 0.05) is 6.42 Å². The van der Waals surface area contributed by atoms with Crippen molar-refractivity contribution >= 4 is 18.0 Å². The number of nitrogens with one attached hydrogen (secondary N) is 1. The zero-order valence-electron chi connectivity index (χ0n) is 18.3. The molecule has 2 aromatic rings. The highest BCUT2D eigenvalue weighted by atomic mass is 16.6. The van der Waals surface area contributed by atoms with Crippen LogP contribution in [0.3, 0.4) is 0 Å². The van der Waals surface area contributed by atoms with Gasteiger partial charge in [-0.2, -0.15) is 5.10 Å². The zero-order chi connectivity index (χ0) is 22.7. The number of aryl methyl sites for hydroxylation is 1. The second-order valence-electron chi connectivity index (χ2n) is 9.27. The number of carbonyl (C=O) groups excluding carboxylic acids is 1. The van der Waals surface area contributed by atoms with Crippen LogP contribution in [0.5, 0.6) is 5.75 Å². The molecule has 2 rings (SSSR count). The van der Waals surface area contributed by atoms with E-state index in [1.165, 1.54) is 18.3 Å². The van der Waals surface area contributed by atoms with Crippen LogP contribution in [-0.2, 0) is 22.0 Å². The molecule has 1 heterocycles. The molecule has 0 unspecified atom stereocenters. The minimum Gasteiger partial charge on any atom is -0.507 e. The number of amides is 1. The van der Waals surface area contributed by atoms with Crippen molar-refractivity contribution in [3.05, 3.63) is 56.8 Å². The number of phenols is 1. The fourth-order valence-corrected chi connectivity index (χ4v) is 2.97. The summed E-state index contributed by atoms with van der Waals surface area (Å²) >= 11 is 0. The first kappa shape index (κ1) is 23.1. The van der Waals surface area contributed by atoms with Crippen LogP contribution in [0.4, 0.5) is 5.88 Å². The summed E-state index contributed by atoms with van der Waals surface area (Å²) in [7, 11) is 0. The van der Waals surface area contributed by atoms with Gasteiger partial charge in [0.25, 0.3) is 0 Å². The number of hydrazone groups is 1. The molecule has 0 fully saturated rings. The van der Waals surface area contributed by atoms with Crippen LogP contribution in [-0.4, -0.2) is 22.2 Å². The lowest BCUT2D eigenvalue weighted by atomic mass is 9.78. The summed E-state index contributed by atoms with van der Waals surface area (Å²) in [6.07, 6.45) is 1.90. The Balaban J connectivity index is 2.07. The summed E-state index contributed by atoms with van der Waals surface area (Å²) in [4.78, 5) is 22.1. The average molecular weight is 415 g/mol. The number of benzene rings is 1. The van der Waals surface area contributed by atoms with Crippen LogP contribution in [0.2, 0.25) is 0 Å². The molecule has 0 radical (unpaired) electrons. The van der Waals surface area contributed by atoms with E-state index in [4.69, 9.17) is 4.42 Å². The van der Waals surface area contributed by atoms with Crippen molar-refractivity contribution in [1.29, 1.82) is 0 Å². The fraction of sp³-hybridized carbons (Fsp3) is 0.455. The molecule has 8 heteroatoms. The fourth-order valence-electron chi connectivity index (χ4n) is 2.97. The van der Waals surface area contributed by atoms with Gasteiger partial charge in [-0.25, -0.2) is 5.43 Å². The molecule has 0 aliphatic carbocycles. The SMILES string of the molecule is CC(C)(C)c1cc(CCC(=O)N/N=C/c2ccc([N+](=O)[O-])o2)cc(C(C)(C)C)c1O. The van der Waals surface area contributed by atoms with Crippen molar-refractivity contribution in [1.82, 2.24) is 5.43 Å². The van der Waals surface area contributed by atoms with Gasteiger partial charge in [-0.3, -0.25) is 14.9 Å². The summed E-state index contributed by atoms with van der Waals surface area (Å²) in [6, 6.07) is 6.51. The van der Waals surface area contributed by atoms with E-state index in [0.29, 0.717) is 12.2 Å². The van der Waals surface area contributed by atoms with E-state index in [0.717, 1.165) is 16.7 Å². The van der Waals surface area contributed by atoms with E-state index in [1.807, 2.05) is 53.7 Å². The summed E-state index contributed by atoms with van der Waals surface area (Å²) < 4.78 is 4.93. The number of hydrogen-bond donors (Lipinski definition) is 2. The molecule has 0 atom stereocenters. The monoisotopic (exact) mass is 415 g/mol. The number of hydrogen-bond acceptors (Lipinski definition) is 6. The van der Waals surface area contributed by atoms with Gasteiger partial charge >= 0.3 is 5.88 Å². The third-order valence-electron chi connectivity index (χ3n) is 4.60. The molecular formula is C22H29N3O5. The molecule has 1 aromatic carbocycles. The van der Waals surface area contributed by atoms with Crippen molar-refractivity contribution < 1.29 is 19.2 Å². The second kappa shape index (κ2) is 8.69. The molecule has 8 nitrogen and oxygen atoms in total. The number of carbonyl (C=O) groups is 1. The first-order valence-corrected chi connectivity index (χ1v) is 9.72. The van der Waals surface area contributed by atoms with E-state index >= 15 is 0 Å². The molecule has 1 aromatic heterocycles. The molecule has 0 aliphatic heterocycles. The van der Waals surface area contributed by atoms with Gasteiger partial charge in [-0.05, 0) is 40.0 Å². The number of nitrogens with zero attached hydrogens (tertiary/aromatic N) is 2. The molecule has 30 heavy (non-hydrogen) atoms. The Bertz CT molecular complexity index is 927. The van der Waals surface area contributed by atoms with Gasteiger partial charge in [0.2, 0.25) is 5.91 Å². The summed E-state index contributed by atoms with van der Waals surface area (Å²) in [6.45, 7) is 12.2. The molecule has 0 bridgehead atoms. The van der Waals surface area contributed by atoms with Gasteiger partial charge in [-0.15, -0.1) is 0 Å². The number of aromatic hydroxyl groups is 1. The zero-order valence-corrected chi connectivity index (χ0v) is 18.3. The van der Waals surface area contributed by atoms with Gasteiger partial charge < -0.3 is 9.52 Å². The maximum Gasteiger partial charge on any atom is 0.433 e. The van der Waals surface area contributed by atoms with Gasteiger partial charge in [0.15, 0.2) is 5.76 Å². The second-order valence-corrected chi connectivity index (χ2v) is 9.27. The largest absolute Gasteiger partial charge is 0.507 e. The number of rotatable bonds is 6. The van der Waals surface area contributed by atoms with Crippen molar-refractivity contribution in [2.75, 3.05) is 0 Å². The van der Waals surface area contributed by atoms with Crippen LogP contribution in [0.25, 0.3) is 0 Å². The third-order valence-corrected chi connectivity index (χ3v) is 4.60. The Labute approximate surface area is 176 Å². The molecule has 0 aliphatic rings. The van der Waals surface area contributed by atoms with E-state index < -0.39 is 4.92 Å². The minimum atomic E-state index is -0.648. The highest BCUT2D eigenvalue weighted by molar-refractivity contribution is 5.80. The molecule has 0 spiro atoms. The maximum absolute atomic E-state index is 12.1. The van der Waals surface area contributed by atoms with Crippen molar-refractivity contribution in [3.63, 3.8) is 0 Å². The lowest BCUT2D eigenvalue weighted by Gasteiger charge is -2.28. The van der Waals surface area contributed by atoms with E-state index in [9.17, 15) is 20.0 Å². The standard InChI is InChI=1S/C22H29N3O5/c1-21(2,3)16-11-14(12-17(20(16)27)22(4,5)6)7-9-18(26)24-23-13-15-8-10-19(30-15)25(28)29/h8,10-13,27H,7,9H2,1-6H3,(H,24,26)/b23-13+. The summed E-state index contributed by atoms with van der Waals surface area (Å²) in [5.41, 5.74) is 4.58. The Morgan fingerprint density at radius 1 is 1.17 bits per heavy atom. The van der Waals surface area contributed by atoms with Crippen LogP contribution >= 0.6 is 0 Å². The van der Waals surface area contributed by atoms with Crippen molar-refractivity contribution in [2.24, 2.45) is 5.10 Å². The normalized spacial score (nSPS) is 12.3. The van der Waals surface area contributed by atoms with Crippen LogP contribution < -0.4 is 5.43 Å². The van der Waals surface area contributed by atoms with Crippen molar-refractivity contribution in [3.8, 4) is 5.75 Å². The summed E-state index contributed by atoms with van der Waals surface area (Å²) in [5, 5.41) is 25.1. The Hall–Kier alpha value is -3.16. The number of phenolic OH excluding ortho intramolecular Hbond substituents is 1. The predicted octanol–water partition coefficient (Wildman–Crippen LogP) is 4.57. The Morgan fingerprint density at radius 3 is 2.20 bits per heavy atom. The average Bonchev–Trinajstić information content (AvgIpc) is 3.08. The molecule has 0 saturated heterocycles. The number of furan rings is 1. The van der Waals surface area contributed by atoms with Crippen LogP contribution in [0.15, 0.2) is 33.8 Å². The molecule has 1 amide bonds. The quantitative estimate of drug-likeness (QED) is 0.407.